The van der Waals surface area contributed by atoms with Crippen LogP contribution in [0.2, 0.25) is 0 Å². The molecule has 0 aliphatic carbocycles. The molecule has 1 unspecified atom stereocenters. The average Bonchev–Trinajstić information content (AvgIpc) is 1.90. The van der Waals surface area contributed by atoms with Crippen molar-refractivity contribution in [3.05, 3.63) is 30.1 Å². The molecule has 2 radical (unpaired) electrons. The molecular formula is C6H6BNO. The molecule has 0 aliphatic rings. The summed E-state index contributed by atoms with van der Waals surface area (Å²) >= 11 is 0. The Kier molecular flexibility index (Phi) is 1.85. The Bertz CT molecular complexity index is 176. The zero-order valence-corrected chi connectivity index (χ0v) is 4.86. The fourth-order valence-electron chi connectivity index (χ4n) is 0.561. The highest BCUT2D eigenvalue weighted by molar-refractivity contribution is 6.11. The van der Waals surface area contributed by atoms with Gasteiger partial charge in [-0.2, -0.15) is 0 Å². The second-order valence-corrected chi connectivity index (χ2v) is 1.73. The second kappa shape index (κ2) is 2.64. The number of aliphatic hydroxyl groups is 1. The van der Waals surface area contributed by atoms with Gasteiger partial charge in [0.25, 0.3) is 0 Å². The van der Waals surface area contributed by atoms with Crippen molar-refractivity contribution in [1.82, 2.24) is 4.98 Å². The molecule has 0 saturated heterocycles. The highest BCUT2D eigenvalue weighted by Crippen LogP contribution is 2.04. The van der Waals surface area contributed by atoms with E-state index in [0.717, 1.165) is 0 Å². The molecule has 0 spiro atoms. The molecule has 1 rings (SSSR count). The SMILES string of the molecule is [B]C(O)c1ccncc1. The van der Waals surface area contributed by atoms with E-state index in [1.807, 2.05) is 0 Å². The van der Waals surface area contributed by atoms with Crippen molar-refractivity contribution in [3.8, 4) is 0 Å². The summed E-state index contributed by atoms with van der Waals surface area (Å²) in [5.74, 6) is 0. The number of nitrogens with zero attached hydrogens (tertiary/aromatic N) is 1. The molecular weight excluding hydrogens is 113 g/mol. The topological polar surface area (TPSA) is 33.1 Å². The van der Waals surface area contributed by atoms with Crippen molar-refractivity contribution in [2.45, 2.75) is 6.00 Å². The van der Waals surface area contributed by atoms with Gasteiger partial charge in [-0.05, 0) is 17.7 Å². The summed E-state index contributed by atoms with van der Waals surface area (Å²) in [5, 5.41) is 8.77. The summed E-state index contributed by atoms with van der Waals surface area (Å²) in [4.78, 5) is 3.76. The Balaban J connectivity index is 2.85. The van der Waals surface area contributed by atoms with E-state index in [2.05, 4.69) is 4.98 Å². The Morgan fingerprint density at radius 3 is 2.33 bits per heavy atom. The van der Waals surface area contributed by atoms with Crippen LogP contribution in [0.5, 0.6) is 0 Å². The summed E-state index contributed by atoms with van der Waals surface area (Å²) in [5.41, 5.74) is 0.685. The zero-order chi connectivity index (χ0) is 6.69. The van der Waals surface area contributed by atoms with Crippen LogP contribution in [0.3, 0.4) is 0 Å². The number of aromatic nitrogens is 1. The van der Waals surface area contributed by atoms with Crippen LogP contribution in [-0.4, -0.2) is 17.9 Å². The third kappa shape index (κ3) is 1.54. The monoisotopic (exact) mass is 119 g/mol. The Morgan fingerprint density at radius 1 is 1.44 bits per heavy atom. The molecule has 1 aromatic rings. The molecule has 1 atom stereocenters. The molecule has 0 saturated carbocycles. The fraction of sp³-hybridized carbons (Fsp3) is 0.167. The summed E-state index contributed by atoms with van der Waals surface area (Å²) in [6.07, 6.45) is 3.18. The maximum Gasteiger partial charge on any atom is 0.115 e. The number of hydrogen-bond donors (Lipinski definition) is 1. The zero-order valence-electron chi connectivity index (χ0n) is 4.86. The molecule has 0 fully saturated rings. The van der Waals surface area contributed by atoms with Crippen molar-refractivity contribution >= 4 is 7.85 Å². The summed E-state index contributed by atoms with van der Waals surface area (Å²) in [6, 6.07) is 2.46. The smallest absolute Gasteiger partial charge is 0.115 e. The first-order valence-corrected chi connectivity index (χ1v) is 2.64. The van der Waals surface area contributed by atoms with Crippen LogP contribution >= 0.6 is 0 Å². The van der Waals surface area contributed by atoms with Gasteiger partial charge < -0.3 is 5.11 Å². The van der Waals surface area contributed by atoms with Gasteiger partial charge in [-0.25, -0.2) is 0 Å². The van der Waals surface area contributed by atoms with Gasteiger partial charge in [0.1, 0.15) is 7.85 Å². The predicted octanol–water partition coefficient (Wildman–Crippen LogP) is 0.241. The molecule has 44 valence electrons. The third-order valence-corrected chi connectivity index (χ3v) is 1.05. The molecule has 9 heavy (non-hydrogen) atoms. The van der Waals surface area contributed by atoms with Gasteiger partial charge in [0.05, 0.1) is 0 Å². The summed E-state index contributed by atoms with van der Waals surface area (Å²) in [6.45, 7) is 0. The highest BCUT2D eigenvalue weighted by atomic mass is 16.3. The van der Waals surface area contributed by atoms with Crippen molar-refractivity contribution in [3.63, 3.8) is 0 Å². The quantitative estimate of drug-likeness (QED) is 0.537. The molecule has 3 heteroatoms. The van der Waals surface area contributed by atoms with Crippen molar-refractivity contribution in [2.75, 3.05) is 0 Å². The van der Waals surface area contributed by atoms with Gasteiger partial charge in [0, 0.05) is 18.4 Å². The highest BCUT2D eigenvalue weighted by Gasteiger charge is 1.95. The fourth-order valence-corrected chi connectivity index (χ4v) is 0.561. The number of rotatable bonds is 1. The molecule has 0 amide bonds. The number of pyridine rings is 1. The third-order valence-electron chi connectivity index (χ3n) is 1.05. The summed E-state index contributed by atoms with van der Waals surface area (Å²) in [7, 11) is 5.14. The molecule has 1 aromatic heterocycles. The van der Waals surface area contributed by atoms with Crippen LogP contribution in [0.25, 0.3) is 0 Å². The molecule has 1 heterocycles. The largest absolute Gasteiger partial charge is 0.398 e. The van der Waals surface area contributed by atoms with E-state index in [9.17, 15) is 0 Å². The van der Waals surface area contributed by atoms with E-state index in [4.69, 9.17) is 13.0 Å². The second-order valence-electron chi connectivity index (χ2n) is 1.73. The van der Waals surface area contributed by atoms with Crippen LogP contribution in [0.4, 0.5) is 0 Å². The van der Waals surface area contributed by atoms with Crippen LogP contribution in [-0.2, 0) is 0 Å². The first-order valence-electron chi connectivity index (χ1n) is 2.64. The van der Waals surface area contributed by atoms with Gasteiger partial charge in [-0.3, -0.25) is 4.98 Å². The normalized spacial score (nSPS) is 13.0. The molecule has 2 nitrogen and oxygen atoms in total. The minimum absolute atomic E-state index is 0.685. The summed E-state index contributed by atoms with van der Waals surface area (Å²) < 4.78 is 0. The van der Waals surface area contributed by atoms with Crippen LogP contribution in [0.15, 0.2) is 24.5 Å². The van der Waals surface area contributed by atoms with E-state index >= 15 is 0 Å². The lowest BCUT2D eigenvalue weighted by atomic mass is 9.93. The first-order chi connectivity index (χ1) is 4.30. The molecule has 0 bridgehead atoms. The van der Waals surface area contributed by atoms with Crippen molar-refractivity contribution in [2.24, 2.45) is 0 Å². The van der Waals surface area contributed by atoms with E-state index < -0.39 is 6.00 Å². The Hall–Kier alpha value is -0.825. The van der Waals surface area contributed by atoms with E-state index in [1.165, 1.54) is 0 Å². The van der Waals surface area contributed by atoms with Crippen molar-refractivity contribution < 1.29 is 5.11 Å². The lowest BCUT2D eigenvalue weighted by Crippen LogP contribution is -1.94. The lowest BCUT2D eigenvalue weighted by Gasteiger charge is -2.00. The minimum Gasteiger partial charge on any atom is -0.398 e. The van der Waals surface area contributed by atoms with E-state index in [0.29, 0.717) is 5.56 Å². The van der Waals surface area contributed by atoms with Crippen LogP contribution in [0, 0.1) is 0 Å². The predicted molar refractivity (Wildman–Crippen MR) is 35.0 cm³/mol. The van der Waals surface area contributed by atoms with Crippen molar-refractivity contribution in [1.29, 1.82) is 0 Å². The van der Waals surface area contributed by atoms with E-state index in [-0.39, 0.29) is 0 Å². The molecule has 1 N–H and O–H groups in total. The Labute approximate surface area is 55.0 Å². The van der Waals surface area contributed by atoms with Gasteiger partial charge in [-0.1, -0.05) is 0 Å². The minimum atomic E-state index is -0.881. The van der Waals surface area contributed by atoms with Gasteiger partial charge >= 0.3 is 0 Å². The maximum atomic E-state index is 8.77. The van der Waals surface area contributed by atoms with E-state index in [1.54, 1.807) is 24.5 Å². The van der Waals surface area contributed by atoms with Gasteiger partial charge in [0.15, 0.2) is 0 Å². The van der Waals surface area contributed by atoms with Gasteiger partial charge in [-0.15, -0.1) is 0 Å². The molecule has 0 aliphatic heterocycles. The Morgan fingerprint density at radius 2 is 2.00 bits per heavy atom. The van der Waals surface area contributed by atoms with Crippen LogP contribution in [0.1, 0.15) is 11.6 Å². The maximum absolute atomic E-state index is 8.77. The lowest BCUT2D eigenvalue weighted by molar-refractivity contribution is 0.262. The number of hydrogen-bond acceptors (Lipinski definition) is 2. The first kappa shape index (κ1) is 6.30. The molecule has 0 aromatic carbocycles. The van der Waals surface area contributed by atoms with Gasteiger partial charge in [0.2, 0.25) is 0 Å². The standard InChI is InChI=1S/C6H6BNO/c7-6(9)5-1-3-8-4-2-5/h1-4,6,9H. The average molecular weight is 119 g/mol. The number of aliphatic hydroxyl groups excluding tert-OH is 1. The van der Waals surface area contributed by atoms with Crippen LogP contribution < -0.4 is 0 Å².